The van der Waals surface area contributed by atoms with Gasteiger partial charge in [-0.3, -0.25) is 4.90 Å². The number of nitrogens with zero attached hydrogens (tertiary/aromatic N) is 4. The standard InChI is InChI=1S/C12H18N4O2/c1-9-6-15(2)3-4-16(9)7-11-10(12(17)18)5-13-8-14-11/h5,8-9H,3-4,6-7H2,1-2H3,(H,17,18). The lowest BCUT2D eigenvalue weighted by Crippen LogP contribution is -2.50. The minimum Gasteiger partial charge on any atom is -0.478 e. The highest BCUT2D eigenvalue weighted by Gasteiger charge is 2.23. The van der Waals surface area contributed by atoms with Crippen molar-refractivity contribution in [2.24, 2.45) is 0 Å². The summed E-state index contributed by atoms with van der Waals surface area (Å²) in [5.74, 6) is -0.965. The molecule has 0 aromatic carbocycles. The molecule has 2 heterocycles. The number of piperazine rings is 1. The van der Waals surface area contributed by atoms with Crippen LogP contribution in [0.3, 0.4) is 0 Å². The molecule has 6 nitrogen and oxygen atoms in total. The molecule has 0 bridgehead atoms. The molecule has 1 aromatic heterocycles. The highest BCUT2D eigenvalue weighted by atomic mass is 16.4. The Morgan fingerprint density at radius 1 is 1.56 bits per heavy atom. The van der Waals surface area contributed by atoms with Crippen LogP contribution in [0.2, 0.25) is 0 Å². The summed E-state index contributed by atoms with van der Waals surface area (Å²) in [5.41, 5.74) is 0.789. The van der Waals surface area contributed by atoms with Crippen LogP contribution < -0.4 is 0 Å². The Morgan fingerprint density at radius 2 is 2.33 bits per heavy atom. The van der Waals surface area contributed by atoms with Crippen LogP contribution in [0.4, 0.5) is 0 Å². The largest absolute Gasteiger partial charge is 0.478 e. The molecule has 1 saturated heterocycles. The summed E-state index contributed by atoms with van der Waals surface area (Å²) in [4.78, 5) is 23.5. The van der Waals surface area contributed by atoms with Crippen molar-refractivity contribution in [2.75, 3.05) is 26.7 Å². The molecular weight excluding hydrogens is 232 g/mol. The monoisotopic (exact) mass is 250 g/mol. The van der Waals surface area contributed by atoms with Crippen molar-refractivity contribution >= 4 is 5.97 Å². The van der Waals surface area contributed by atoms with E-state index in [-0.39, 0.29) is 5.56 Å². The van der Waals surface area contributed by atoms with E-state index in [2.05, 4.69) is 33.7 Å². The van der Waals surface area contributed by atoms with Gasteiger partial charge in [-0.15, -0.1) is 0 Å². The molecule has 1 aromatic rings. The lowest BCUT2D eigenvalue weighted by atomic mass is 10.1. The fraction of sp³-hybridized carbons (Fsp3) is 0.583. The summed E-state index contributed by atoms with van der Waals surface area (Å²) in [7, 11) is 2.10. The zero-order valence-electron chi connectivity index (χ0n) is 10.7. The molecule has 2 rings (SSSR count). The zero-order valence-corrected chi connectivity index (χ0v) is 10.7. The van der Waals surface area contributed by atoms with Crippen molar-refractivity contribution in [1.29, 1.82) is 0 Å². The molecule has 0 radical (unpaired) electrons. The Labute approximate surface area is 106 Å². The van der Waals surface area contributed by atoms with Gasteiger partial charge >= 0.3 is 5.97 Å². The quantitative estimate of drug-likeness (QED) is 0.832. The summed E-state index contributed by atoms with van der Waals surface area (Å²) < 4.78 is 0. The summed E-state index contributed by atoms with van der Waals surface area (Å²) in [5, 5.41) is 9.10. The third kappa shape index (κ3) is 2.83. The second kappa shape index (κ2) is 5.41. The fourth-order valence-corrected chi connectivity index (χ4v) is 2.26. The van der Waals surface area contributed by atoms with E-state index in [1.807, 2.05) is 0 Å². The Kier molecular flexibility index (Phi) is 3.88. The summed E-state index contributed by atoms with van der Waals surface area (Å²) in [6, 6.07) is 0.403. The normalized spacial score (nSPS) is 22.0. The minimum absolute atomic E-state index is 0.198. The van der Waals surface area contributed by atoms with Gasteiger partial charge in [0.25, 0.3) is 0 Å². The van der Waals surface area contributed by atoms with Crippen molar-refractivity contribution in [3.05, 3.63) is 23.8 Å². The molecule has 1 atom stereocenters. The van der Waals surface area contributed by atoms with E-state index >= 15 is 0 Å². The molecule has 1 fully saturated rings. The highest BCUT2D eigenvalue weighted by molar-refractivity contribution is 5.88. The second-order valence-electron chi connectivity index (χ2n) is 4.77. The van der Waals surface area contributed by atoms with Gasteiger partial charge in [-0.2, -0.15) is 0 Å². The van der Waals surface area contributed by atoms with Gasteiger partial charge in [0, 0.05) is 38.4 Å². The average Bonchev–Trinajstić information content (AvgIpc) is 2.33. The number of aromatic nitrogens is 2. The second-order valence-corrected chi connectivity index (χ2v) is 4.77. The van der Waals surface area contributed by atoms with E-state index in [4.69, 9.17) is 5.11 Å². The zero-order chi connectivity index (χ0) is 13.1. The smallest absolute Gasteiger partial charge is 0.339 e. The van der Waals surface area contributed by atoms with Crippen LogP contribution in [0.25, 0.3) is 0 Å². The van der Waals surface area contributed by atoms with Crippen LogP contribution in [-0.4, -0.2) is 63.6 Å². The van der Waals surface area contributed by atoms with Crippen molar-refractivity contribution in [3.8, 4) is 0 Å². The molecule has 0 amide bonds. The lowest BCUT2D eigenvalue weighted by molar-refractivity contribution is 0.0685. The number of likely N-dealkylation sites (N-methyl/N-ethyl adjacent to an activating group) is 1. The van der Waals surface area contributed by atoms with Crippen LogP contribution in [0, 0.1) is 0 Å². The summed E-state index contributed by atoms with van der Waals surface area (Å²) >= 11 is 0. The van der Waals surface area contributed by atoms with E-state index in [0.29, 0.717) is 18.3 Å². The van der Waals surface area contributed by atoms with E-state index in [1.54, 1.807) is 0 Å². The first-order valence-corrected chi connectivity index (χ1v) is 6.02. The van der Waals surface area contributed by atoms with Crippen molar-refractivity contribution in [3.63, 3.8) is 0 Å². The molecule has 0 saturated carbocycles. The maximum Gasteiger partial charge on any atom is 0.339 e. The first kappa shape index (κ1) is 12.9. The Bertz CT molecular complexity index is 438. The van der Waals surface area contributed by atoms with Gasteiger partial charge < -0.3 is 10.0 Å². The molecule has 0 spiro atoms. The van der Waals surface area contributed by atoms with Crippen molar-refractivity contribution < 1.29 is 9.90 Å². The molecule has 1 N–H and O–H groups in total. The summed E-state index contributed by atoms with van der Waals surface area (Å²) in [6.45, 7) is 5.64. The van der Waals surface area contributed by atoms with Crippen LogP contribution in [-0.2, 0) is 6.54 Å². The van der Waals surface area contributed by atoms with Gasteiger partial charge in [0.2, 0.25) is 0 Å². The molecule has 1 aliphatic heterocycles. The predicted octanol–water partition coefficient (Wildman–Crippen LogP) is 0.311. The minimum atomic E-state index is -0.965. The number of hydrogen-bond acceptors (Lipinski definition) is 5. The SMILES string of the molecule is CC1CN(C)CCN1Cc1ncncc1C(=O)O. The van der Waals surface area contributed by atoms with E-state index in [9.17, 15) is 4.79 Å². The van der Waals surface area contributed by atoms with Gasteiger partial charge in [-0.05, 0) is 14.0 Å². The van der Waals surface area contributed by atoms with Gasteiger partial charge in [-0.1, -0.05) is 0 Å². The number of carbonyl (C=O) groups is 1. The first-order chi connectivity index (χ1) is 8.58. The summed E-state index contributed by atoms with van der Waals surface area (Å²) in [6.07, 6.45) is 2.77. The molecule has 1 unspecified atom stereocenters. The number of carboxylic acids is 1. The number of rotatable bonds is 3. The number of carboxylic acid groups (broad SMARTS) is 1. The van der Waals surface area contributed by atoms with Crippen LogP contribution in [0.5, 0.6) is 0 Å². The molecule has 6 heteroatoms. The molecule has 0 aliphatic carbocycles. The lowest BCUT2D eigenvalue weighted by Gasteiger charge is -2.38. The van der Waals surface area contributed by atoms with E-state index < -0.39 is 5.97 Å². The number of hydrogen-bond donors (Lipinski definition) is 1. The van der Waals surface area contributed by atoms with Gasteiger partial charge in [0.15, 0.2) is 0 Å². The highest BCUT2D eigenvalue weighted by Crippen LogP contribution is 2.13. The topological polar surface area (TPSA) is 69.6 Å². The van der Waals surface area contributed by atoms with Crippen LogP contribution in [0.15, 0.2) is 12.5 Å². The van der Waals surface area contributed by atoms with Crippen LogP contribution in [0.1, 0.15) is 23.0 Å². The van der Waals surface area contributed by atoms with Gasteiger partial charge in [0.05, 0.1) is 5.69 Å². The maximum absolute atomic E-state index is 11.1. The molecule has 18 heavy (non-hydrogen) atoms. The third-order valence-corrected chi connectivity index (χ3v) is 3.35. The van der Waals surface area contributed by atoms with Gasteiger partial charge in [-0.25, -0.2) is 14.8 Å². The van der Waals surface area contributed by atoms with Gasteiger partial charge in [0.1, 0.15) is 11.9 Å². The predicted molar refractivity (Wildman–Crippen MR) is 66.4 cm³/mol. The molecule has 98 valence electrons. The third-order valence-electron chi connectivity index (χ3n) is 3.35. The van der Waals surface area contributed by atoms with E-state index in [1.165, 1.54) is 12.5 Å². The fourth-order valence-electron chi connectivity index (χ4n) is 2.26. The molecule has 1 aliphatic rings. The Hall–Kier alpha value is -1.53. The molecular formula is C12H18N4O2. The Balaban J connectivity index is 2.12. The maximum atomic E-state index is 11.1. The van der Waals surface area contributed by atoms with Crippen LogP contribution >= 0.6 is 0 Å². The average molecular weight is 250 g/mol. The van der Waals surface area contributed by atoms with Crippen molar-refractivity contribution in [2.45, 2.75) is 19.5 Å². The van der Waals surface area contributed by atoms with Crippen molar-refractivity contribution in [1.82, 2.24) is 19.8 Å². The first-order valence-electron chi connectivity index (χ1n) is 6.02. The Morgan fingerprint density at radius 3 is 3.00 bits per heavy atom. The number of aromatic carboxylic acids is 1. The van der Waals surface area contributed by atoms with E-state index in [0.717, 1.165) is 19.6 Å².